The summed E-state index contributed by atoms with van der Waals surface area (Å²) in [5.74, 6) is 2.26. The number of benzene rings is 1. The molecule has 0 amide bonds. The second-order valence-electron chi connectivity index (χ2n) is 4.88. The van der Waals surface area contributed by atoms with Crippen molar-refractivity contribution in [1.29, 1.82) is 0 Å². The molecule has 0 spiro atoms. The van der Waals surface area contributed by atoms with Gasteiger partial charge in [0.1, 0.15) is 5.69 Å². The van der Waals surface area contributed by atoms with Gasteiger partial charge in [-0.15, -0.1) is 6.42 Å². The van der Waals surface area contributed by atoms with Crippen LogP contribution in [0.2, 0.25) is 0 Å². The first-order chi connectivity index (χ1) is 11.3. The number of halogens is 5. The van der Waals surface area contributed by atoms with Crippen LogP contribution in [0.3, 0.4) is 0 Å². The fourth-order valence-corrected chi connectivity index (χ4v) is 2.25. The number of aromatic nitrogens is 3. The molecule has 0 atom stereocenters. The molecule has 0 aliphatic heterocycles. The number of hydrogen-bond acceptors (Lipinski definition) is 2. The number of rotatable bonds is 2. The molecule has 2 aromatic heterocycles. The zero-order chi connectivity index (χ0) is 17.5. The first-order valence-electron chi connectivity index (χ1n) is 6.62. The van der Waals surface area contributed by atoms with Crippen molar-refractivity contribution in [2.45, 2.75) is 12.6 Å². The van der Waals surface area contributed by atoms with Gasteiger partial charge in [-0.25, -0.2) is 18.3 Å². The van der Waals surface area contributed by atoms with Gasteiger partial charge in [-0.1, -0.05) is 18.1 Å². The molecule has 122 valence electrons. The lowest BCUT2D eigenvalue weighted by atomic mass is 10.1. The van der Waals surface area contributed by atoms with Crippen LogP contribution in [-0.4, -0.2) is 14.6 Å². The second-order valence-corrected chi connectivity index (χ2v) is 4.88. The van der Waals surface area contributed by atoms with E-state index in [9.17, 15) is 22.0 Å². The van der Waals surface area contributed by atoms with Crippen LogP contribution in [0.15, 0.2) is 36.5 Å². The summed E-state index contributed by atoms with van der Waals surface area (Å²) in [5, 5.41) is 3.75. The highest BCUT2D eigenvalue weighted by atomic mass is 19.4. The molecule has 3 rings (SSSR count). The van der Waals surface area contributed by atoms with Crippen LogP contribution in [0.5, 0.6) is 0 Å². The number of nitrogens with zero attached hydrogens (tertiary/aromatic N) is 3. The fourth-order valence-electron chi connectivity index (χ4n) is 2.25. The van der Waals surface area contributed by atoms with E-state index in [0.717, 1.165) is 22.7 Å². The molecule has 1 aromatic carbocycles. The second kappa shape index (κ2) is 5.60. The Morgan fingerprint density at radius 1 is 1.17 bits per heavy atom. The lowest BCUT2D eigenvalue weighted by Gasteiger charge is -2.10. The van der Waals surface area contributed by atoms with E-state index >= 15 is 0 Å². The van der Waals surface area contributed by atoms with Crippen molar-refractivity contribution in [1.82, 2.24) is 14.6 Å². The monoisotopic (exact) mass is 337 g/mol. The Kier molecular flexibility index (Phi) is 3.72. The average Bonchev–Trinajstić information content (AvgIpc) is 2.96. The Hall–Kier alpha value is -2.95. The predicted molar refractivity (Wildman–Crippen MR) is 76.3 cm³/mol. The van der Waals surface area contributed by atoms with Gasteiger partial charge in [0.2, 0.25) is 0 Å². The van der Waals surface area contributed by atoms with Gasteiger partial charge in [-0.05, 0) is 18.2 Å². The summed E-state index contributed by atoms with van der Waals surface area (Å²) in [6, 6.07) is 5.28. The Morgan fingerprint density at radius 2 is 1.92 bits per heavy atom. The SMILES string of the molecule is C#Cc1cnn2c(C(F)F)cc(-c3cccc(C(F)(F)F)c3)nc12. The quantitative estimate of drug-likeness (QED) is 0.515. The van der Waals surface area contributed by atoms with Crippen molar-refractivity contribution in [3.8, 4) is 23.6 Å². The summed E-state index contributed by atoms with van der Waals surface area (Å²) >= 11 is 0. The Bertz CT molecular complexity index is 950. The number of terminal acetylenes is 1. The van der Waals surface area contributed by atoms with Gasteiger partial charge >= 0.3 is 6.18 Å². The maximum atomic E-state index is 13.3. The molecule has 8 heteroatoms. The molecule has 0 aliphatic carbocycles. The summed E-state index contributed by atoms with van der Waals surface area (Å²) in [4.78, 5) is 4.10. The van der Waals surface area contributed by atoms with Gasteiger partial charge < -0.3 is 0 Å². The molecule has 0 saturated carbocycles. The van der Waals surface area contributed by atoms with Crippen LogP contribution in [-0.2, 0) is 6.18 Å². The van der Waals surface area contributed by atoms with Gasteiger partial charge in [0.25, 0.3) is 6.43 Å². The highest BCUT2D eigenvalue weighted by Gasteiger charge is 2.30. The van der Waals surface area contributed by atoms with E-state index in [1.54, 1.807) is 0 Å². The highest BCUT2D eigenvalue weighted by Crippen LogP contribution is 2.33. The van der Waals surface area contributed by atoms with Gasteiger partial charge in [0, 0.05) is 5.56 Å². The largest absolute Gasteiger partial charge is 0.416 e. The van der Waals surface area contributed by atoms with Crippen LogP contribution in [0.4, 0.5) is 22.0 Å². The van der Waals surface area contributed by atoms with Gasteiger partial charge in [-0.3, -0.25) is 0 Å². The molecule has 0 unspecified atom stereocenters. The van der Waals surface area contributed by atoms with Crippen molar-refractivity contribution in [2.75, 3.05) is 0 Å². The highest BCUT2D eigenvalue weighted by molar-refractivity contribution is 5.66. The number of hydrogen-bond donors (Lipinski definition) is 0. The first kappa shape index (κ1) is 15.9. The third kappa shape index (κ3) is 2.69. The minimum Gasteiger partial charge on any atom is -0.227 e. The van der Waals surface area contributed by atoms with E-state index in [4.69, 9.17) is 6.42 Å². The molecule has 0 saturated heterocycles. The van der Waals surface area contributed by atoms with Crippen molar-refractivity contribution in [3.05, 3.63) is 53.3 Å². The molecule has 2 heterocycles. The summed E-state index contributed by atoms with van der Waals surface area (Å²) in [5.41, 5.74) is -1.23. The van der Waals surface area contributed by atoms with E-state index in [-0.39, 0.29) is 22.5 Å². The summed E-state index contributed by atoms with van der Waals surface area (Å²) in [6.07, 6.45) is -0.972. The fraction of sp³-hybridized carbons (Fsp3) is 0.125. The van der Waals surface area contributed by atoms with E-state index in [2.05, 4.69) is 16.0 Å². The summed E-state index contributed by atoms with van der Waals surface area (Å²) in [7, 11) is 0. The lowest BCUT2D eigenvalue weighted by Crippen LogP contribution is -2.06. The van der Waals surface area contributed by atoms with Crippen LogP contribution in [0, 0.1) is 12.3 Å². The van der Waals surface area contributed by atoms with Gasteiger partial charge in [-0.2, -0.15) is 18.3 Å². The van der Waals surface area contributed by atoms with Crippen molar-refractivity contribution >= 4 is 5.65 Å². The molecule has 0 N–H and O–H groups in total. The molecule has 0 aliphatic rings. The maximum Gasteiger partial charge on any atom is 0.416 e. The van der Waals surface area contributed by atoms with Crippen molar-refractivity contribution in [3.63, 3.8) is 0 Å². The molecule has 3 nitrogen and oxygen atoms in total. The Morgan fingerprint density at radius 3 is 2.54 bits per heavy atom. The van der Waals surface area contributed by atoms with Crippen LogP contribution in [0.25, 0.3) is 16.9 Å². The third-order valence-corrected chi connectivity index (χ3v) is 3.36. The van der Waals surface area contributed by atoms with Crippen molar-refractivity contribution in [2.24, 2.45) is 0 Å². The Balaban J connectivity index is 2.25. The van der Waals surface area contributed by atoms with E-state index in [1.165, 1.54) is 18.3 Å². The zero-order valence-corrected chi connectivity index (χ0v) is 11.9. The van der Waals surface area contributed by atoms with E-state index in [0.29, 0.717) is 0 Å². The first-order valence-corrected chi connectivity index (χ1v) is 6.62. The van der Waals surface area contributed by atoms with Crippen LogP contribution < -0.4 is 0 Å². The average molecular weight is 337 g/mol. The number of fused-ring (bicyclic) bond motifs is 1. The Labute approximate surface area is 132 Å². The van der Waals surface area contributed by atoms with Crippen molar-refractivity contribution < 1.29 is 22.0 Å². The molecule has 0 radical (unpaired) electrons. The van der Waals surface area contributed by atoms with Crippen LogP contribution >= 0.6 is 0 Å². The topological polar surface area (TPSA) is 30.2 Å². The van der Waals surface area contributed by atoms with Crippen LogP contribution in [0.1, 0.15) is 23.2 Å². The molecule has 3 aromatic rings. The summed E-state index contributed by atoms with van der Waals surface area (Å²) in [6.45, 7) is 0. The van der Waals surface area contributed by atoms with E-state index in [1.807, 2.05) is 0 Å². The molecular weight excluding hydrogens is 329 g/mol. The minimum atomic E-state index is -4.55. The van der Waals surface area contributed by atoms with E-state index < -0.39 is 23.9 Å². The maximum absolute atomic E-state index is 13.3. The predicted octanol–water partition coefficient (Wildman–Crippen LogP) is 4.33. The number of alkyl halides is 5. The molecule has 24 heavy (non-hydrogen) atoms. The smallest absolute Gasteiger partial charge is 0.227 e. The zero-order valence-electron chi connectivity index (χ0n) is 11.9. The lowest BCUT2D eigenvalue weighted by molar-refractivity contribution is -0.137. The van der Waals surface area contributed by atoms with Gasteiger partial charge in [0.15, 0.2) is 5.65 Å². The molecule has 0 fully saturated rings. The minimum absolute atomic E-state index is 0.0114. The molecular formula is C16H8F5N3. The normalized spacial score (nSPS) is 11.9. The van der Waals surface area contributed by atoms with Gasteiger partial charge in [0.05, 0.1) is 23.0 Å². The standard InChI is InChI=1S/C16H8F5N3/c1-2-9-8-22-24-13(14(17)18)7-12(23-15(9)24)10-4-3-5-11(6-10)16(19,20)21/h1,3-8,14H. The molecule has 0 bridgehead atoms. The third-order valence-electron chi connectivity index (χ3n) is 3.36. The summed E-state index contributed by atoms with van der Waals surface area (Å²) < 4.78 is 65.9.